The van der Waals surface area contributed by atoms with Crippen LogP contribution in [0.25, 0.3) is 0 Å². The van der Waals surface area contributed by atoms with Crippen LogP contribution in [0.15, 0.2) is 24.3 Å². The van der Waals surface area contributed by atoms with E-state index in [1.165, 1.54) is 4.90 Å². The largest absolute Gasteiger partial charge is 0.405 e. The van der Waals surface area contributed by atoms with Gasteiger partial charge < -0.3 is 15.0 Å². The Hall–Kier alpha value is -1.27. The van der Waals surface area contributed by atoms with E-state index >= 15 is 0 Å². The summed E-state index contributed by atoms with van der Waals surface area (Å²) in [6, 6.07) is 7.20. The summed E-state index contributed by atoms with van der Waals surface area (Å²) in [6.45, 7) is 3.41. The van der Waals surface area contributed by atoms with Gasteiger partial charge in [0.25, 0.3) is 0 Å². The van der Waals surface area contributed by atoms with Gasteiger partial charge in [-0.05, 0) is 24.1 Å². The molecule has 0 fully saturated rings. The molecule has 0 aromatic heterocycles. The molecule has 1 rings (SSSR count). The van der Waals surface area contributed by atoms with Gasteiger partial charge in [-0.1, -0.05) is 19.1 Å². The Balaban J connectivity index is 2.60. The van der Waals surface area contributed by atoms with Gasteiger partial charge in [0.1, 0.15) is 6.54 Å². The van der Waals surface area contributed by atoms with Crippen LogP contribution in [-0.4, -0.2) is 39.5 Å². The first-order valence-electron chi connectivity index (χ1n) is 7.06. The van der Waals surface area contributed by atoms with E-state index in [1.54, 1.807) is 19.2 Å². The number of hydrogen-bond acceptors (Lipinski definition) is 3. The number of ether oxygens (including phenoxy) is 1. The second kappa shape index (κ2) is 8.89. The monoisotopic (exact) mass is 304 g/mol. The van der Waals surface area contributed by atoms with Crippen LogP contribution in [0.1, 0.15) is 18.9 Å². The summed E-state index contributed by atoms with van der Waals surface area (Å²) >= 11 is 0. The molecular weight excluding hydrogens is 281 g/mol. The van der Waals surface area contributed by atoms with Gasteiger partial charge in [0.15, 0.2) is 0 Å². The molecule has 0 unspecified atom stereocenters. The van der Waals surface area contributed by atoms with E-state index in [4.69, 9.17) is 4.74 Å². The molecule has 1 aromatic rings. The van der Waals surface area contributed by atoms with Crippen LogP contribution < -0.4 is 10.2 Å². The zero-order valence-electron chi connectivity index (χ0n) is 12.5. The molecule has 1 N–H and O–H groups in total. The highest BCUT2D eigenvalue weighted by Gasteiger charge is 2.30. The van der Waals surface area contributed by atoms with Crippen molar-refractivity contribution in [3.05, 3.63) is 29.8 Å². The smallest absolute Gasteiger partial charge is 0.383 e. The molecule has 0 saturated heterocycles. The summed E-state index contributed by atoms with van der Waals surface area (Å²) < 4.78 is 42.6. The molecule has 0 radical (unpaired) electrons. The topological polar surface area (TPSA) is 24.5 Å². The standard InChI is InChI=1S/C15H23F3N2O/c1-3-9-20(12-15(16,17)18)14-6-4-13(5-7-14)11-19-8-10-21-2/h4-7,19H,3,8-12H2,1-2H3. The number of alkyl halides is 3. The van der Waals surface area contributed by atoms with Gasteiger partial charge in [-0.2, -0.15) is 13.2 Å². The Kier molecular flexibility index (Phi) is 7.53. The molecule has 1 aromatic carbocycles. The predicted molar refractivity (Wildman–Crippen MR) is 78.6 cm³/mol. The van der Waals surface area contributed by atoms with E-state index in [0.717, 1.165) is 12.1 Å². The molecule has 0 aliphatic rings. The molecule has 0 aliphatic carbocycles. The average molecular weight is 304 g/mol. The van der Waals surface area contributed by atoms with E-state index in [-0.39, 0.29) is 0 Å². The summed E-state index contributed by atoms with van der Waals surface area (Å²) in [4.78, 5) is 1.36. The van der Waals surface area contributed by atoms with Crippen molar-refractivity contribution in [2.45, 2.75) is 26.1 Å². The van der Waals surface area contributed by atoms with Crippen molar-refractivity contribution in [1.29, 1.82) is 0 Å². The molecule has 6 heteroatoms. The molecule has 0 spiro atoms. The second-order valence-corrected chi connectivity index (χ2v) is 4.87. The minimum atomic E-state index is -4.18. The molecule has 3 nitrogen and oxygen atoms in total. The molecule has 21 heavy (non-hydrogen) atoms. The van der Waals surface area contributed by atoms with Crippen molar-refractivity contribution < 1.29 is 17.9 Å². The summed E-state index contributed by atoms with van der Waals surface area (Å²) in [5, 5.41) is 3.20. The molecule has 0 aliphatic heterocycles. The molecule has 0 saturated carbocycles. The first-order chi connectivity index (χ1) is 9.96. The molecular formula is C15H23F3N2O. The highest BCUT2D eigenvalue weighted by molar-refractivity contribution is 5.47. The zero-order valence-corrected chi connectivity index (χ0v) is 12.5. The Bertz CT molecular complexity index is 393. The molecule has 0 heterocycles. The lowest BCUT2D eigenvalue weighted by atomic mass is 10.2. The zero-order chi connectivity index (χ0) is 15.7. The highest BCUT2D eigenvalue weighted by atomic mass is 19.4. The quantitative estimate of drug-likeness (QED) is 0.709. The summed E-state index contributed by atoms with van der Waals surface area (Å²) in [7, 11) is 1.64. The summed E-state index contributed by atoms with van der Waals surface area (Å²) in [5.41, 5.74) is 1.65. The number of benzene rings is 1. The number of hydrogen-bond donors (Lipinski definition) is 1. The van der Waals surface area contributed by atoms with Crippen LogP contribution >= 0.6 is 0 Å². The Labute approximate surface area is 124 Å². The molecule has 0 amide bonds. The van der Waals surface area contributed by atoms with E-state index in [0.29, 0.717) is 31.8 Å². The fraction of sp³-hybridized carbons (Fsp3) is 0.600. The third-order valence-corrected chi connectivity index (χ3v) is 2.98. The lowest BCUT2D eigenvalue weighted by Gasteiger charge is -2.25. The van der Waals surface area contributed by atoms with Crippen molar-refractivity contribution >= 4 is 5.69 Å². The fourth-order valence-electron chi connectivity index (χ4n) is 2.02. The number of nitrogens with zero attached hydrogens (tertiary/aromatic N) is 1. The van der Waals surface area contributed by atoms with Crippen LogP contribution in [0.5, 0.6) is 0 Å². The van der Waals surface area contributed by atoms with Crippen molar-refractivity contribution in [3.8, 4) is 0 Å². The Morgan fingerprint density at radius 2 is 1.86 bits per heavy atom. The molecule has 120 valence electrons. The number of halogens is 3. The van der Waals surface area contributed by atoms with Crippen LogP contribution in [-0.2, 0) is 11.3 Å². The van der Waals surface area contributed by atoms with E-state index in [1.807, 2.05) is 19.1 Å². The molecule has 0 bridgehead atoms. The maximum atomic E-state index is 12.6. The minimum Gasteiger partial charge on any atom is -0.383 e. The van der Waals surface area contributed by atoms with Crippen LogP contribution in [0.2, 0.25) is 0 Å². The van der Waals surface area contributed by atoms with E-state index in [9.17, 15) is 13.2 Å². The summed E-state index contributed by atoms with van der Waals surface area (Å²) in [6.07, 6.45) is -3.51. The van der Waals surface area contributed by atoms with Crippen LogP contribution in [0.4, 0.5) is 18.9 Å². The highest BCUT2D eigenvalue weighted by Crippen LogP contribution is 2.22. The van der Waals surface area contributed by atoms with Crippen LogP contribution in [0, 0.1) is 0 Å². The Morgan fingerprint density at radius 1 is 1.19 bits per heavy atom. The fourth-order valence-corrected chi connectivity index (χ4v) is 2.02. The Morgan fingerprint density at radius 3 is 2.38 bits per heavy atom. The van der Waals surface area contributed by atoms with Gasteiger partial charge in [0.05, 0.1) is 6.61 Å². The minimum absolute atomic E-state index is 0.394. The van der Waals surface area contributed by atoms with E-state index < -0.39 is 12.7 Å². The van der Waals surface area contributed by atoms with E-state index in [2.05, 4.69) is 5.32 Å². The third kappa shape index (κ3) is 7.34. The second-order valence-electron chi connectivity index (χ2n) is 4.87. The van der Waals surface area contributed by atoms with Crippen molar-refractivity contribution in [3.63, 3.8) is 0 Å². The number of methoxy groups -OCH3 is 1. The SMILES string of the molecule is CCCN(CC(F)(F)F)c1ccc(CNCCOC)cc1. The number of nitrogens with one attached hydrogen (secondary N) is 1. The van der Waals surface area contributed by atoms with Crippen molar-refractivity contribution in [2.24, 2.45) is 0 Å². The van der Waals surface area contributed by atoms with Crippen LogP contribution in [0.3, 0.4) is 0 Å². The van der Waals surface area contributed by atoms with Crippen molar-refractivity contribution in [2.75, 3.05) is 38.3 Å². The number of rotatable bonds is 9. The van der Waals surface area contributed by atoms with Crippen molar-refractivity contribution in [1.82, 2.24) is 5.32 Å². The lowest BCUT2D eigenvalue weighted by molar-refractivity contribution is -0.119. The third-order valence-electron chi connectivity index (χ3n) is 2.98. The van der Waals surface area contributed by atoms with Gasteiger partial charge >= 0.3 is 6.18 Å². The lowest BCUT2D eigenvalue weighted by Crippen LogP contribution is -2.34. The first-order valence-corrected chi connectivity index (χ1v) is 7.06. The normalized spacial score (nSPS) is 11.7. The maximum Gasteiger partial charge on any atom is 0.405 e. The van der Waals surface area contributed by atoms with Gasteiger partial charge in [-0.3, -0.25) is 0 Å². The maximum absolute atomic E-state index is 12.6. The van der Waals surface area contributed by atoms with Gasteiger partial charge in [-0.15, -0.1) is 0 Å². The first kappa shape index (κ1) is 17.8. The van der Waals surface area contributed by atoms with Gasteiger partial charge in [-0.25, -0.2) is 0 Å². The number of anilines is 1. The van der Waals surface area contributed by atoms with Gasteiger partial charge in [0, 0.05) is 32.4 Å². The average Bonchev–Trinajstić information content (AvgIpc) is 2.42. The predicted octanol–water partition coefficient (Wildman–Crippen LogP) is 3.20. The van der Waals surface area contributed by atoms with Gasteiger partial charge in [0.2, 0.25) is 0 Å². The summed E-state index contributed by atoms with van der Waals surface area (Å²) in [5.74, 6) is 0. The molecule has 0 atom stereocenters.